The van der Waals surface area contributed by atoms with Crippen LogP contribution in [-0.2, 0) is 0 Å². The minimum Gasteiger partial charge on any atom is -0.207 e. The van der Waals surface area contributed by atoms with E-state index in [1.165, 1.54) is 13.8 Å². The van der Waals surface area contributed by atoms with Gasteiger partial charge in [0.1, 0.15) is 17.5 Å². The molecule has 0 saturated heterocycles. The van der Waals surface area contributed by atoms with Crippen molar-refractivity contribution in [3.63, 3.8) is 0 Å². The molecule has 2 aromatic rings. The summed E-state index contributed by atoms with van der Waals surface area (Å²) in [4.78, 5) is 0. The fourth-order valence-electron chi connectivity index (χ4n) is 1.83. The van der Waals surface area contributed by atoms with Crippen molar-refractivity contribution < 1.29 is 22.0 Å². The van der Waals surface area contributed by atoms with Gasteiger partial charge in [0.25, 0.3) is 0 Å². The molecule has 0 unspecified atom stereocenters. The Balaban J connectivity index is 2.54. The van der Waals surface area contributed by atoms with Crippen molar-refractivity contribution in [3.8, 4) is 0 Å². The van der Waals surface area contributed by atoms with E-state index in [2.05, 4.69) is 0 Å². The molecule has 0 heterocycles. The van der Waals surface area contributed by atoms with E-state index in [0.29, 0.717) is 6.07 Å². The number of aryl methyl sites for hydroxylation is 1. The second-order valence-electron chi connectivity index (χ2n) is 4.46. The zero-order valence-corrected chi connectivity index (χ0v) is 10.7. The Morgan fingerprint density at radius 2 is 1.45 bits per heavy atom. The van der Waals surface area contributed by atoms with Crippen molar-refractivity contribution >= 4 is 18.2 Å². The first-order valence-electron chi connectivity index (χ1n) is 5.75. The molecule has 0 aromatic heterocycles. The third kappa shape index (κ3) is 2.55. The quantitative estimate of drug-likeness (QED) is 0.451. The highest BCUT2D eigenvalue weighted by atomic mass is 19.2. The van der Waals surface area contributed by atoms with Crippen molar-refractivity contribution in [1.82, 2.24) is 0 Å². The van der Waals surface area contributed by atoms with Crippen LogP contribution in [0.2, 0.25) is 0 Å². The Bertz CT molecular complexity index is 682. The fourth-order valence-corrected chi connectivity index (χ4v) is 1.83. The van der Waals surface area contributed by atoms with Gasteiger partial charge in [-0.3, -0.25) is 0 Å². The lowest BCUT2D eigenvalue weighted by Gasteiger charge is -2.10. The summed E-state index contributed by atoms with van der Waals surface area (Å²) in [6, 6.07) is 2.42. The number of hydrogen-bond acceptors (Lipinski definition) is 0. The van der Waals surface area contributed by atoms with Crippen LogP contribution in [0.1, 0.15) is 11.1 Å². The lowest BCUT2D eigenvalue weighted by atomic mass is 9.62. The van der Waals surface area contributed by atoms with Gasteiger partial charge in [-0.05, 0) is 42.6 Å². The molecule has 0 aliphatic carbocycles. The van der Waals surface area contributed by atoms with Crippen molar-refractivity contribution in [2.24, 2.45) is 0 Å². The molecule has 0 atom stereocenters. The molecule has 103 valence electrons. The largest absolute Gasteiger partial charge is 0.207 e. The average molecular weight is 283 g/mol. The Hall–Kier alpha value is -1.85. The third-order valence-electron chi connectivity index (χ3n) is 3.03. The molecule has 0 aliphatic rings. The van der Waals surface area contributed by atoms with Crippen molar-refractivity contribution in [3.05, 3.63) is 58.4 Å². The van der Waals surface area contributed by atoms with Gasteiger partial charge in [-0.1, -0.05) is 5.46 Å². The van der Waals surface area contributed by atoms with Gasteiger partial charge in [0.15, 0.2) is 18.9 Å². The molecule has 0 nitrogen and oxygen atoms in total. The van der Waals surface area contributed by atoms with Crippen molar-refractivity contribution in [2.75, 3.05) is 0 Å². The summed E-state index contributed by atoms with van der Waals surface area (Å²) >= 11 is 0. The van der Waals surface area contributed by atoms with E-state index >= 15 is 0 Å². The van der Waals surface area contributed by atoms with Crippen LogP contribution in [0.25, 0.3) is 0 Å². The molecule has 0 saturated carbocycles. The second kappa shape index (κ2) is 5.27. The third-order valence-corrected chi connectivity index (χ3v) is 3.03. The number of halogens is 5. The van der Waals surface area contributed by atoms with Gasteiger partial charge in [0.05, 0.1) is 0 Å². The van der Waals surface area contributed by atoms with Gasteiger partial charge in [-0.2, -0.15) is 0 Å². The van der Waals surface area contributed by atoms with Gasteiger partial charge >= 0.3 is 0 Å². The van der Waals surface area contributed by atoms with E-state index in [1.807, 2.05) is 0 Å². The minimum absolute atomic E-state index is 0.0196. The molecule has 20 heavy (non-hydrogen) atoms. The predicted octanol–water partition coefficient (Wildman–Crippen LogP) is 2.65. The molecular weight excluding hydrogens is 274 g/mol. The molecule has 0 bridgehead atoms. The van der Waals surface area contributed by atoms with Gasteiger partial charge in [-0.25, -0.2) is 22.0 Å². The van der Waals surface area contributed by atoms with E-state index in [4.69, 9.17) is 0 Å². The van der Waals surface area contributed by atoms with Gasteiger partial charge in [-0.15, -0.1) is 0 Å². The van der Waals surface area contributed by atoms with E-state index in [0.717, 1.165) is 19.4 Å². The molecule has 1 radical (unpaired) electrons. The molecule has 2 rings (SSSR count). The summed E-state index contributed by atoms with van der Waals surface area (Å²) in [5.74, 6) is -5.29. The highest BCUT2D eigenvalue weighted by molar-refractivity contribution is 6.67. The average Bonchev–Trinajstić information content (AvgIpc) is 2.37. The zero-order chi connectivity index (χ0) is 15.0. The second-order valence-corrected chi connectivity index (χ2v) is 4.46. The Labute approximate surface area is 113 Å². The lowest BCUT2D eigenvalue weighted by Crippen LogP contribution is -2.35. The SMILES string of the molecule is Cc1cc(F)c([B]c2cc(F)cc(F)c2C)c(F)c1F. The summed E-state index contributed by atoms with van der Waals surface area (Å²) in [7, 11) is 0.884. The minimum atomic E-state index is -1.38. The summed E-state index contributed by atoms with van der Waals surface area (Å²) in [5.41, 5.74) is -0.879. The van der Waals surface area contributed by atoms with E-state index in [-0.39, 0.29) is 16.6 Å². The maximum atomic E-state index is 13.7. The van der Waals surface area contributed by atoms with E-state index in [9.17, 15) is 22.0 Å². The van der Waals surface area contributed by atoms with Crippen LogP contribution in [0, 0.1) is 42.9 Å². The van der Waals surface area contributed by atoms with E-state index < -0.39 is 34.5 Å². The molecule has 2 aromatic carbocycles. The molecule has 0 amide bonds. The Morgan fingerprint density at radius 1 is 0.800 bits per heavy atom. The van der Waals surface area contributed by atoms with Gasteiger partial charge < -0.3 is 0 Å². The van der Waals surface area contributed by atoms with Crippen LogP contribution >= 0.6 is 0 Å². The molecule has 0 aliphatic heterocycles. The smallest absolute Gasteiger partial charge is 0.200 e. The van der Waals surface area contributed by atoms with E-state index in [1.54, 1.807) is 0 Å². The molecule has 6 heteroatoms. The first kappa shape index (κ1) is 14.6. The summed E-state index contributed by atoms with van der Waals surface area (Å²) in [5, 5.41) is 0. The monoisotopic (exact) mass is 283 g/mol. The molecule has 0 fully saturated rings. The van der Waals surface area contributed by atoms with Crippen LogP contribution in [-0.4, -0.2) is 7.28 Å². The maximum Gasteiger partial charge on any atom is 0.200 e. The number of benzene rings is 2. The standard InChI is InChI=1S/C14H9BF5/c1-6-3-11(18)12(14(20)13(6)19)15-9-4-8(16)5-10(17)7(9)2/h3-5H,1-2H3. The first-order valence-corrected chi connectivity index (χ1v) is 5.75. The van der Waals surface area contributed by atoms with Crippen LogP contribution in [0.3, 0.4) is 0 Å². The van der Waals surface area contributed by atoms with Crippen LogP contribution < -0.4 is 10.9 Å². The fraction of sp³-hybridized carbons (Fsp3) is 0.143. The first-order chi connectivity index (χ1) is 9.31. The lowest BCUT2D eigenvalue weighted by molar-refractivity contribution is 0.497. The predicted molar refractivity (Wildman–Crippen MR) is 67.2 cm³/mol. The van der Waals surface area contributed by atoms with Crippen LogP contribution in [0.5, 0.6) is 0 Å². The molecule has 0 spiro atoms. The molecule has 0 N–H and O–H groups in total. The number of hydrogen-bond donors (Lipinski definition) is 0. The maximum absolute atomic E-state index is 13.7. The normalized spacial score (nSPS) is 10.8. The van der Waals surface area contributed by atoms with Crippen LogP contribution in [0.4, 0.5) is 22.0 Å². The van der Waals surface area contributed by atoms with Gasteiger partial charge in [0, 0.05) is 6.07 Å². The Morgan fingerprint density at radius 3 is 2.10 bits per heavy atom. The highest BCUT2D eigenvalue weighted by Gasteiger charge is 2.19. The summed E-state index contributed by atoms with van der Waals surface area (Å²) in [6.07, 6.45) is 0. The summed E-state index contributed by atoms with van der Waals surface area (Å²) < 4.78 is 67.3. The van der Waals surface area contributed by atoms with Crippen molar-refractivity contribution in [1.29, 1.82) is 0 Å². The Kier molecular flexibility index (Phi) is 3.83. The molecular formula is C14H9BF5. The topological polar surface area (TPSA) is 0 Å². The highest BCUT2D eigenvalue weighted by Crippen LogP contribution is 2.12. The van der Waals surface area contributed by atoms with Gasteiger partial charge in [0.2, 0.25) is 0 Å². The number of rotatable bonds is 2. The summed E-state index contributed by atoms with van der Waals surface area (Å²) in [6.45, 7) is 2.55. The van der Waals surface area contributed by atoms with Crippen molar-refractivity contribution in [2.45, 2.75) is 13.8 Å². The van der Waals surface area contributed by atoms with Crippen LogP contribution in [0.15, 0.2) is 18.2 Å². The zero-order valence-electron chi connectivity index (χ0n) is 10.7.